The molecule has 6 rings (SSSR count). The normalized spacial score (nSPS) is 25.5. The van der Waals surface area contributed by atoms with Crippen molar-refractivity contribution >= 4 is 45.7 Å². The molecule has 3 fully saturated rings. The number of carbonyl (C=O) groups is 1. The summed E-state index contributed by atoms with van der Waals surface area (Å²) in [4.78, 5) is 19.5. The van der Waals surface area contributed by atoms with Gasteiger partial charge in [-0.3, -0.25) is 14.4 Å². The highest BCUT2D eigenvalue weighted by atomic mass is 35.5. The summed E-state index contributed by atoms with van der Waals surface area (Å²) in [6.07, 6.45) is 6.10. The van der Waals surface area contributed by atoms with Crippen molar-refractivity contribution in [3.63, 3.8) is 0 Å². The average molecular weight is 532 g/mol. The van der Waals surface area contributed by atoms with Crippen molar-refractivity contribution in [2.75, 3.05) is 31.6 Å². The Labute approximate surface area is 218 Å². The van der Waals surface area contributed by atoms with Crippen LogP contribution in [0.4, 0.5) is 10.2 Å². The molecule has 10 heteroatoms. The van der Waals surface area contributed by atoms with Gasteiger partial charge in [0.05, 0.1) is 36.6 Å². The minimum atomic E-state index is -0.961. The van der Waals surface area contributed by atoms with Crippen molar-refractivity contribution in [2.24, 2.45) is 0 Å². The van der Waals surface area contributed by atoms with Crippen LogP contribution in [0.5, 0.6) is 0 Å². The average Bonchev–Trinajstić information content (AvgIpc) is 3.55. The second-order valence-electron chi connectivity index (χ2n) is 10.4. The van der Waals surface area contributed by atoms with Gasteiger partial charge in [0.15, 0.2) is 0 Å². The molecule has 1 aromatic carbocycles. The van der Waals surface area contributed by atoms with E-state index in [0.717, 1.165) is 55.1 Å². The summed E-state index contributed by atoms with van der Waals surface area (Å²) < 4.78 is 21.6. The Kier molecular flexibility index (Phi) is 6.19. The third-order valence-corrected chi connectivity index (χ3v) is 8.65. The molecule has 1 saturated carbocycles. The zero-order valence-electron chi connectivity index (χ0n) is 20.0. The number of carbonyl (C=O) groups excluding carboxylic acids is 1. The smallest absolute Gasteiger partial charge is 0.261 e. The number of alkyl halides is 1. The fourth-order valence-corrected chi connectivity index (χ4v) is 6.09. The van der Waals surface area contributed by atoms with Gasteiger partial charge in [-0.1, -0.05) is 23.2 Å². The number of hydrogen-bond donors (Lipinski definition) is 1. The number of nitrogens with one attached hydrogen (secondary N) is 1. The molecule has 0 unspecified atom stereocenters. The molecule has 2 aromatic heterocycles. The lowest BCUT2D eigenvalue weighted by atomic mass is 9.85. The number of nitrogens with zero attached hydrogens (tertiary/aromatic N) is 4. The predicted molar refractivity (Wildman–Crippen MR) is 138 cm³/mol. The maximum Gasteiger partial charge on any atom is 0.261 e. The molecule has 0 bridgehead atoms. The molecule has 3 aliphatic rings. The number of aromatic nitrogens is 3. The zero-order chi connectivity index (χ0) is 25.0. The molecule has 2 aliphatic heterocycles. The van der Waals surface area contributed by atoms with Gasteiger partial charge in [0, 0.05) is 16.6 Å². The first kappa shape index (κ1) is 24.1. The number of likely N-dealkylation sites (tertiary alicyclic amines) is 1. The topological polar surface area (TPSA) is 72.3 Å². The van der Waals surface area contributed by atoms with E-state index in [1.165, 1.54) is 6.20 Å². The quantitative estimate of drug-likeness (QED) is 0.461. The van der Waals surface area contributed by atoms with Crippen LogP contribution in [0.15, 0.2) is 30.6 Å². The van der Waals surface area contributed by atoms with Crippen molar-refractivity contribution in [1.29, 1.82) is 0 Å². The molecule has 4 heterocycles. The van der Waals surface area contributed by atoms with Crippen molar-refractivity contribution < 1.29 is 13.9 Å². The summed E-state index contributed by atoms with van der Waals surface area (Å²) in [6.45, 7) is 4.16. The van der Waals surface area contributed by atoms with E-state index in [2.05, 4.69) is 26.4 Å². The maximum absolute atomic E-state index is 14.5. The van der Waals surface area contributed by atoms with Crippen LogP contribution in [-0.4, -0.2) is 63.6 Å². The van der Waals surface area contributed by atoms with Crippen molar-refractivity contribution in [3.8, 4) is 0 Å². The molecule has 7 nitrogen and oxygen atoms in total. The number of piperidine rings is 1. The Balaban J connectivity index is 1.19. The number of pyridine rings is 1. The lowest BCUT2D eigenvalue weighted by Crippen LogP contribution is -2.55. The molecule has 36 heavy (non-hydrogen) atoms. The van der Waals surface area contributed by atoms with Gasteiger partial charge in [0.1, 0.15) is 17.1 Å². The highest BCUT2D eigenvalue weighted by molar-refractivity contribution is 6.33. The highest BCUT2D eigenvalue weighted by Crippen LogP contribution is 2.40. The summed E-state index contributed by atoms with van der Waals surface area (Å²) >= 11 is 13.1. The van der Waals surface area contributed by atoms with Gasteiger partial charge in [-0.25, -0.2) is 9.37 Å². The number of fused-ring (bicyclic) bond motifs is 1. The van der Waals surface area contributed by atoms with Crippen LogP contribution < -0.4 is 5.32 Å². The van der Waals surface area contributed by atoms with Crippen molar-refractivity contribution in [3.05, 3.63) is 51.9 Å². The van der Waals surface area contributed by atoms with Crippen molar-refractivity contribution in [1.82, 2.24) is 19.7 Å². The number of halogens is 3. The van der Waals surface area contributed by atoms with Crippen LogP contribution in [0.1, 0.15) is 60.5 Å². The SMILES string of the molecule is C[C@@]1(N2CCC(c3cc4cc(NC(=O)c5cnn(C6CC6)c5Cl)ncc4cc3Cl)CC2)COC[C@@H]1F. The van der Waals surface area contributed by atoms with Crippen molar-refractivity contribution in [2.45, 2.75) is 56.3 Å². The van der Waals surface area contributed by atoms with E-state index < -0.39 is 11.7 Å². The highest BCUT2D eigenvalue weighted by Gasteiger charge is 2.46. The van der Waals surface area contributed by atoms with Gasteiger partial charge in [-0.2, -0.15) is 5.10 Å². The van der Waals surface area contributed by atoms with E-state index in [-0.39, 0.29) is 18.4 Å². The second-order valence-corrected chi connectivity index (χ2v) is 11.1. The minimum Gasteiger partial charge on any atom is -0.376 e. The molecular formula is C26H28Cl2FN5O2. The molecule has 3 aromatic rings. The van der Waals surface area contributed by atoms with Gasteiger partial charge < -0.3 is 10.1 Å². The molecule has 190 valence electrons. The minimum absolute atomic E-state index is 0.175. The van der Waals surface area contributed by atoms with Gasteiger partial charge >= 0.3 is 0 Å². The summed E-state index contributed by atoms with van der Waals surface area (Å²) in [5.41, 5.74) is 0.867. The lowest BCUT2D eigenvalue weighted by Gasteiger charge is -2.43. The Morgan fingerprint density at radius 1 is 1.14 bits per heavy atom. The van der Waals surface area contributed by atoms with Crippen LogP contribution in [0.2, 0.25) is 10.2 Å². The first-order valence-electron chi connectivity index (χ1n) is 12.4. The van der Waals surface area contributed by atoms with E-state index in [1.54, 1.807) is 10.9 Å². The summed E-state index contributed by atoms with van der Waals surface area (Å²) in [5.74, 6) is 0.380. The van der Waals surface area contributed by atoms with Gasteiger partial charge in [-0.05, 0) is 80.8 Å². The Morgan fingerprint density at radius 3 is 2.61 bits per heavy atom. The van der Waals surface area contributed by atoms with Gasteiger partial charge in [-0.15, -0.1) is 0 Å². The van der Waals surface area contributed by atoms with E-state index in [4.69, 9.17) is 27.9 Å². The molecule has 1 N–H and O–H groups in total. The molecule has 2 atom stereocenters. The predicted octanol–water partition coefficient (Wildman–Crippen LogP) is 5.63. The molecule has 1 aliphatic carbocycles. The number of benzene rings is 1. The van der Waals surface area contributed by atoms with Crippen LogP contribution in [0, 0.1) is 0 Å². The summed E-state index contributed by atoms with van der Waals surface area (Å²) in [5, 5.41) is 10.0. The number of rotatable bonds is 5. The standard InChI is InChI=1S/C26H28Cl2FN5O2/c1-26(14-36-13-22(26)29)33-6-4-15(5-7-33)19-8-16-10-23(30-11-17(16)9-21(19)27)32-25(35)20-12-31-34(24(20)28)18-2-3-18/h8-12,15,18,22H,2-7,13-14H2,1H3,(H,30,32,35)/t22-,26+/m0/s1. The first-order chi connectivity index (χ1) is 17.3. The first-order valence-corrected chi connectivity index (χ1v) is 13.2. The number of ether oxygens (including phenoxy) is 1. The molecule has 0 spiro atoms. The van der Waals surface area contributed by atoms with E-state index >= 15 is 0 Å². The number of hydrogen-bond acceptors (Lipinski definition) is 5. The van der Waals surface area contributed by atoms with Gasteiger partial charge in [0.2, 0.25) is 0 Å². The molecule has 1 amide bonds. The van der Waals surface area contributed by atoms with Gasteiger partial charge in [0.25, 0.3) is 5.91 Å². The molecule has 0 radical (unpaired) electrons. The van der Waals surface area contributed by atoms with Crippen LogP contribution in [-0.2, 0) is 4.74 Å². The summed E-state index contributed by atoms with van der Waals surface area (Å²) in [6, 6.07) is 6.16. The number of anilines is 1. The summed E-state index contributed by atoms with van der Waals surface area (Å²) in [7, 11) is 0. The van der Waals surface area contributed by atoms with Crippen LogP contribution in [0.3, 0.4) is 0 Å². The lowest BCUT2D eigenvalue weighted by molar-refractivity contribution is 0.0298. The fraction of sp³-hybridized carbons (Fsp3) is 0.500. The molecule has 2 saturated heterocycles. The Bertz CT molecular complexity index is 1320. The zero-order valence-corrected chi connectivity index (χ0v) is 21.5. The number of amides is 1. The van der Waals surface area contributed by atoms with E-state index in [1.807, 2.05) is 19.1 Å². The fourth-order valence-electron chi connectivity index (χ4n) is 5.45. The maximum atomic E-state index is 14.5. The van der Waals surface area contributed by atoms with Crippen LogP contribution in [0.25, 0.3) is 10.8 Å². The third kappa shape index (κ3) is 4.28. The largest absolute Gasteiger partial charge is 0.376 e. The van der Waals surface area contributed by atoms with E-state index in [0.29, 0.717) is 34.2 Å². The third-order valence-electron chi connectivity index (χ3n) is 7.94. The van der Waals surface area contributed by atoms with Crippen LogP contribution >= 0.6 is 23.2 Å². The second kappa shape index (κ2) is 9.24. The Morgan fingerprint density at radius 2 is 1.92 bits per heavy atom. The Hall–Kier alpha value is -2.26. The van der Waals surface area contributed by atoms with E-state index in [9.17, 15) is 9.18 Å². The molecular weight excluding hydrogens is 504 g/mol. The monoisotopic (exact) mass is 531 g/mol.